The highest BCUT2D eigenvalue weighted by molar-refractivity contribution is 7.99. The molecular weight excluding hydrogens is 530 g/mol. The number of hydrogen-bond acceptors (Lipinski definition) is 8. The number of para-hydroxylation sites is 2. The number of benzene rings is 3. The van der Waals surface area contributed by atoms with Crippen LogP contribution in [-0.4, -0.2) is 36.4 Å². The van der Waals surface area contributed by atoms with Gasteiger partial charge in [0.15, 0.2) is 0 Å². The third-order valence-corrected chi connectivity index (χ3v) is 6.77. The van der Waals surface area contributed by atoms with Crippen LogP contribution in [0.2, 0.25) is 0 Å². The fraction of sp³-hybridized carbons (Fsp3) is 0.231. The maximum atomic E-state index is 13.6. The number of amides is 2. The average molecular weight is 558 g/mol. The zero-order valence-electron chi connectivity index (χ0n) is 20.6. The predicted octanol–water partition coefficient (Wildman–Crippen LogP) is 5.19. The maximum Gasteiger partial charge on any atom is 0.269 e. The predicted molar refractivity (Wildman–Crippen MR) is 149 cm³/mol. The second-order valence-electron chi connectivity index (χ2n) is 8.16. The number of hydrogen-bond donors (Lipinski definition) is 4. The number of anilines is 2. The molecule has 0 aliphatic rings. The quantitative estimate of drug-likeness (QED) is 0.0971. The summed E-state index contributed by atoms with van der Waals surface area (Å²) < 4.78 is 5.35. The lowest BCUT2D eigenvalue weighted by Crippen LogP contribution is -2.36. The van der Waals surface area contributed by atoms with Gasteiger partial charge in [-0.05, 0) is 61.0 Å². The number of nitrogens with zero attached hydrogens (tertiary/aromatic N) is 1. The second-order valence-corrected chi connectivity index (χ2v) is 9.54. The molecule has 0 bridgehead atoms. The van der Waals surface area contributed by atoms with E-state index >= 15 is 0 Å². The molecule has 0 aliphatic carbocycles. The summed E-state index contributed by atoms with van der Waals surface area (Å²) in [6, 6.07) is 17.2. The number of nitro benzene ring substituents is 1. The van der Waals surface area contributed by atoms with Crippen molar-refractivity contribution < 1.29 is 19.2 Å². The molecular formula is C26H28ClN5O5S. The van der Waals surface area contributed by atoms with Crippen molar-refractivity contribution in [2.24, 2.45) is 5.73 Å². The first kappa shape index (κ1) is 28.9. The van der Waals surface area contributed by atoms with Gasteiger partial charge in [-0.25, -0.2) is 4.84 Å². The Morgan fingerprint density at radius 3 is 2.42 bits per heavy atom. The van der Waals surface area contributed by atoms with Crippen LogP contribution < -0.4 is 25.9 Å². The van der Waals surface area contributed by atoms with E-state index in [0.29, 0.717) is 40.6 Å². The van der Waals surface area contributed by atoms with E-state index in [0.717, 1.165) is 6.42 Å². The molecule has 0 spiro atoms. The molecule has 2 amide bonds. The zero-order valence-corrected chi connectivity index (χ0v) is 22.2. The van der Waals surface area contributed by atoms with Gasteiger partial charge in [0.05, 0.1) is 35.0 Å². The number of rotatable bonds is 13. The Labute approximate surface area is 229 Å². The lowest BCUT2D eigenvalue weighted by molar-refractivity contribution is -0.384. The first-order chi connectivity index (χ1) is 18.3. The summed E-state index contributed by atoms with van der Waals surface area (Å²) in [4.78, 5) is 40.7. The van der Waals surface area contributed by atoms with E-state index in [4.69, 9.17) is 22.2 Å². The minimum atomic E-state index is -0.776. The molecule has 3 aromatic rings. The molecule has 200 valence electrons. The second kappa shape index (κ2) is 14.3. The Kier molecular flexibility index (Phi) is 10.9. The van der Waals surface area contributed by atoms with Gasteiger partial charge in [0.1, 0.15) is 5.75 Å². The summed E-state index contributed by atoms with van der Waals surface area (Å²) in [5.74, 6) is -0.426. The standard InChI is InChI=1S/C26H28ClN5O5S/c1-37-22-10-3-2-8-20(22)30-26(34)24-21(31-25(33)19(28)7-4-5-16-29-27)9-6-11-23(24)38-18-14-12-17(13-15-18)32(35)36/h2-3,6,8-15,19,29H,4-5,7,16,28H2,1H3,(H,30,34)(H,31,33). The number of non-ortho nitro benzene ring substituents is 1. The first-order valence-corrected chi connectivity index (χ1v) is 12.9. The fourth-order valence-electron chi connectivity index (χ4n) is 3.56. The number of methoxy groups -OCH3 is 1. The van der Waals surface area contributed by atoms with Gasteiger partial charge in [-0.2, -0.15) is 0 Å². The van der Waals surface area contributed by atoms with Crippen molar-refractivity contribution in [2.75, 3.05) is 24.3 Å². The Balaban J connectivity index is 1.91. The van der Waals surface area contributed by atoms with Crippen molar-refractivity contribution in [1.82, 2.24) is 4.84 Å². The van der Waals surface area contributed by atoms with E-state index < -0.39 is 22.8 Å². The van der Waals surface area contributed by atoms with Crippen molar-refractivity contribution in [1.29, 1.82) is 0 Å². The Hall–Kier alpha value is -3.64. The molecule has 0 radical (unpaired) electrons. The highest BCUT2D eigenvalue weighted by Gasteiger charge is 2.22. The van der Waals surface area contributed by atoms with Crippen LogP contribution in [-0.2, 0) is 4.79 Å². The Morgan fingerprint density at radius 2 is 1.74 bits per heavy atom. The van der Waals surface area contributed by atoms with Crippen LogP contribution in [0.15, 0.2) is 76.5 Å². The topological polar surface area (TPSA) is 149 Å². The third-order valence-electron chi connectivity index (χ3n) is 5.51. The van der Waals surface area contributed by atoms with Gasteiger partial charge in [-0.1, -0.05) is 36.4 Å². The number of nitrogens with two attached hydrogens (primary N) is 1. The molecule has 12 heteroatoms. The molecule has 1 unspecified atom stereocenters. The summed E-state index contributed by atoms with van der Waals surface area (Å²) in [5.41, 5.74) is 7.01. The van der Waals surface area contributed by atoms with Gasteiger partial charge in [0.2, 0.25) is 5.91 Å². The Bertz CT molecular complexity index is 1280. The summed E-state index contributed by atoms with van der Waals surface area (Å²) in [7, 11) is 1.50. The average Bonchev–Trinajstić information content (AvgIpc) is 2.91. The van der Waals surface area contributed by atoms with Crippen molar-refractivity contribution in [2.45, 2.75) is 35.1 Å². The van der Waals surface area contributed by atoms with Crippen LogP contribution in [0.3, 0.4) is 0 Å². The monoisotopic (exact) mass is 557 g/mol. The molecule has 3 aromatic carbocycles. The maximum absolute atomic E-state index is 13.6. The third kappa shape index (κ3) is 7.93. The van der Waals surface area contributed by atoms with Gasteiger partial charge in [-0.15, -0.1) is 0 Å². The van der Waals surface area contributed by atoms with E-state index in [9.17, 15) is 19.7 Å². The minimum Gasteiger partial charge on any atom is -0.495 e. The number of carbonyl (C=O) groups is 2. The smallest absolute Gasteiger partial charge is 0.269 e. The van der Waals surface area contributed by atoms with Crippen LogP contribution in [0.25, 0.3) is 0 Å². The van der Waals surface area contributed by atoms with Crippen molar-refractivity contribution >= 4 is 52.4 Å². The highest BCUT2D eigenvalue weighted by Crippen LogP contribution is 2.36. The lowest BCUT2D eigenvalue weighted by atomic mass is 10.1. The van der Waals surface area contributed by atoms with E-state index in [1.165, 1.54) is 31.0 Å². The van der Waals surface area contributed by atoms with Crippen molar-refractivity contribution in [3.63, 3.8) is 0 Å². The molecule has 1 atom stereocenters. The number of unbranched alkanes of at least 4 members (excludes halogenated alkanes) is 1. The van der Waals surface area contributed by atoms with Gasteiger partial charge >= 0.3 is 0 Å². The molecule has 0 saturated carbocycles. The molecule has 0 aliphatic heterocycles. The summed E-state index contributed by atoms with van der Waals surface area (Å²) >= 11 is 6.70. The summed E-state index contributed by atoms with van der Waals surface area (Å²) in [6.45, 7) is 0.602. The van der Waals surface area contributed by atoms with E-state index in [1.807, 2.05) is 0 Å². The fourth-order valence-corrected chi connectivity index (χ4v) is 4.67. The van der Waals surface area contributed by atoms with E-state index in [2.05, 4.69) is 15.5 Å². The lowest BCUT2D eigenvalue weighted by Gasteiger charge is -2.18. The molecule has 5 N–H and O–H groups in total. The van der Waals surface area contributed by atoms with Gasteiger partial charge in [0, 0.05) is 28.5 Å². The van der Waals surface area contributed by atoms with Crippen LogP contribution in [0.4, 0.5) is 17.1 Å². The molecule has 0 fully saturated rings. The molecule has 0 heterocycles. The van der Waals surface area contributed by atoms with Crippen molar-refractivity contribution in [3.05, 3.63) is 82.4 Å². The highest BCUT2D eigenvalue weighted by atomic mass is 35.5. The number of carbonyl (C=O) groups excluding carboxylic acids is 2. The van der Waals surface area contributed by atoms with Crippen LogP contribution in [0, 0.1) is 10.1 Å². The van der Waals surface area contributed by atoms with Gasteiger partial charge in [0.25, 0.3) is 11.6 Å². The van der Waals surface area contributed by atoms with E-state index in [1.54, 1.807) is 54.6 Å². The van der Waals surface area contributed by atoms with E-state index in [-0.39, 0.29) is 16.9 Å². The van der Waals surface area contributed by atoms with Gasteiger partial charge < -0.3 is 21.1 Å². The number of ether oxygens (including phenoxy) is 1. The molecule has 0 aromatic heterocycles. The van der Waals surface area contributed by atoms with Crippen molar-refractivity contribution in [3.8, 4) is 5.75 Å². The molecule has 38 heavy (non-hydrogen) atoms. The summed E-state index contributed by atoms with van der Waals surface area (Å²) in [5, 5.41) is 16.7. The largest absolute Gasteiger partial charge is 0.495 e. The van der Waals surface area contributed by atoms with Crippen LogP contribution >= 0.6 is 23.5 Å². The van der Waals surface area contributed by atoms with Crippen LogP contribution in [0.5, 0.6) is 5.75 Å². The van der Waals surface area contributed by atoms with Gasteiger partial charge in [-0.3, -0.25) is 19.7 Å². The minimum absolute atomic E-state index is 0.0414. The normalized spacial score (nSPS) is 11.4. The SMILES string of the molecule is COc1ccccc1NC(=O)c1c(NC(=O)C(N)CCCCNCl)cccc1Sc1ccc([N+](=O)[O-])cc1. The molecule has 10 nitrogen and oxygen atoms in total. The zero-order chi connectivity index (χ0) is 27.5. The first-order valence-electron chi connectivity index (χ1n) is 11.7. The molecule has 0 saturated heterocycles. The molecule has 3 rings (SSSR count). The number of nitrogens with one attached hydrogen (secondary N) is 3. The number of halogens is 1. The number of nitro groups is 1. The summed E-state index contributed by atoms with van der Waals surface area (Å²) in [6.07, 6.45) is 1.91. The van der Waals surface area contributed by atoms with Crippen LogP contribution in [0.1, 0.15) is 29.6 Å². The Morgan fingerprint density at radius 1 is 1.03 bits per heavy atom.